The number of amides is 2. The standard InChI is InChI=1S/C22H28N4O2S/c27-22-23-21-18-8-5-7-16(18)14-17-10-9-15(20(17)21)6-3-1-2-4-12-26-13-11-19(24-26)29(28)25-22/h11,13-15H,1-10,12H2,(H2,23,25,27). The minimum atomic E-state index is -1.66. The molecule has 1 aromatic heterocycles. The van der Waals surface area contributed by atoms with Gasteiger partial charge in [0.2, 0.25) is 0 Å². The van der Waals surface area contributed by atoms with Gasteiger partial charge in [0.1, 0.15) is 0 Å². The third-order valence-electron chi connectivity index (χ3n) is 6.62. The van der Waals surface area contributed by atoms with Crippen LogP contribution in [0.25, 0.3) is 0 Å². The van der Waals surface area contributed by atoms with Gasteiger partial charge in [-0.2, -0.15) is 5.10 Å². The van der Waals surface area contributed by atoms with Gasteiger partial charge in [0.15, 0.2) is 16.0 Å². The fraction of sp³-hybridized carbons (Fsp3) is 0.545. The zero-order chi connectivity index (χ0) is 19.8. The number of hydrogen-bond acceptors (Lipinski definition) is 3. The highest BCUT2D eigenvalue weighted by atomic mass is 32.2. The Labute approximate surface area is 174 Å². The van der Waals surface area contributed by atoms with Crippen molar-refractivity contribution in [3.8, 4) is 0 Å². The molecule has 0 spiro atoms. The van der Waals surface area contributed by atoms with E-state index >= 15 is 0 Å². The molecule has 3 aliphatic rings. The second-order valence-corrected chi connectivity index (χ2v) is 9.66. The van der Waals surface area contributed by atoms with Crippen LogP contribution in [0.4, 0.5) is 10.5 Å². The summed E-state index contributed by atoms with van der Waals surface area (Å²) in [6.07, 6.45) is 13.2. The lowest BCUT2D eigenvalue weighted by molar-refractivity contribution is 0.257. The molecule has 2 amide bonds. The molecule has 5 rings (SSSR count). The van der Waals surface area contributed by atoms with Crippen molar-refractivity contribution in [1.29, 1.82) is 0 Å². The van der Waals surface area contributed by atoms with Gasteiger partial charge in [-0.05, 0) is 79.2 Å². The van der Waals surface area contributed by atoms with Crippen LogP contribution in [0.1, 0.15) is 73.1 Å². The van der Waals surface area contributed by atoms with Crippen LogP contribution >= 0.6 is 0 Å². The molecule has 2 atom stereocenters. The van der Waals surface area contributed by atoms with Crippen LogP contribution in [0, 0.1) is 0 Å². The number of anilines is 1. The van der Waals surface area contributed by atoms with Gasteiger partial charge in [-0.1, -0.05) is 25.3 Å². The first-order chi connectivity index (χ1) is 14.2. The van der Waals surface area contributed by atoms with Crippen molar-refractivity contribution in [2.24, 2.45) is 0 Å². The number of hydrogen-bond donors (Lipinski definition) is 2. The van der Waals surface area contributed by atoms with E-state index in [0.29, 0.717) is 10.9 Å². The number of nitrogens with zero attached hydrogens (tertiary/aromatic N) is 2. The molecule has 2 heterocycles. The molecule has 7 heteroatoms. The Hall–Kier alpha value is -2.15. The lowest BCUT2D eigenvalue weighted by atomic mass is 9.90. The summed E-state index contributed by atoms with van der Waals surface area (Å²) in [6.45, 7) is 0.825. The molecule has 2 aromatic rings. The number of rotatable bonds is 0. The first-order valence-electron chi connectivity index (χ1n) is 10.9. The van der Waals surface area contributed by atoms with Crippen molar-refractivity contribution < 1.29 is 9.00 Å². The summed E-state index contributed by atoms with van der Waals surface area (Å²) in [6, 6.07) is 3.71. The lowest BCUT2D eigenvalue weighted by Gasteiger charge is -2.20. The molecule has 1 aromatic carbocycles. The lowest BCUT2D eigenvalue weighted by Crippen LogP contribution is -2.31. The third kappa shape index (κ3) is 3.72. The first-order valence-corrected chi connectivity index (χ1v) is 12.0. The monoisotopic (exact) mass is 412 g/mol. The highest BCUT2D eigenvalue weighted by Gasteiger charge is 2.31. The Kier molecular flexibility index (Phi) is 5.16. The van der Waals surface area contributed by atoms with Crippen molar-refractivity contribution in [2.45, 2.75) is 81.7 Å². The van der Waals surface area contributed by atoms with Gasteiger partial charge in [-0.3, -0.25) is 9.40 Å². The zero-order valence-corrected chi connectivity index (χ0v) is 17.5. The molecule has 2 bridgehead atoms. The highest BCUT2D eigenvalue weighted by molar-refractivity contribution is 7.83. The van der Waals surface area contributed by atoms with Crippen LogP contribution in [-0.4, -0.2) is 20.0 Å². The van der Waals surface area contributed by atoms with E-state index in [9.17, 15) is 9.00 Å². The summed E-state index contributed by atoms with van der Waals surface area (Å²) < 4.78 is 17.0. The maximum absolute atomic E-state index is 12.8. The number of carbonyl (C=O) groups is 1. The van der Waals surface area contributed by atoms with Crippen molar-refractivity contribution in [1.82, 2.24) is 14.5 Å². The summed E-state index contributed by atoms with van der Waals surface area (Å²) in [5, 5.41) is 7.87. The topological polar surface area (TPSA) is 76.0 Å². The molecule has 2 unspecified atom stereocenters. The zero-order valence-electron chi connectivity index (χ0n) is 16.7. The second-order valence-electron chi connectivity index (χ2n) is 8.50. The summed E-state index contributed by atoms with van der Waals surface area (Å²) >= 11 is 0. The quantitative estimate of drug-likeness (QED) is 0.681. The van der Waals surface area contributed by atoms with E-state index in [-0.39, 0.29) is 0 Å². The van der Waals surface area contributed by atoms with Crippen LogP contribution < -0.4 is 10.0 Å². The predicted octanol–water partition coefficient (Wildman–Crippen LogP) is 4.21. The summed E-state index contributed by atoms with van der Waals surface area (Å²) in [5.74, 6) is 0.524. The Morgan fingerprint density at radius 3 is 2.86 bits per heavy atom. The van der Waals surface area contributed by atoms with E-state index in [1.807, 2.05) is 10.9 Å². The number of fused-ring (bicyclic) bond motifs is 4. The average Bonchev–Trinajstić information content (AvgIpc) is 3.43. The second kappa shape index (κ2) is 7.94. The number of urea groups is 1. The molecule has 29 heavy (non-hydrogen) atoms. The fourth-order valence-electron chi connectivity index (χ4n) is 5.26. The van der Waals surface area contributed by atoms with Crippen LogP contribution in [0.5, 0.6) is 0 Å². The molecule has 2 aliphatic carbocycles. The number of carbonyl (C=O) groups excluding carboxylic acids is 1. The van der Waals surface area contributed by atoms with Crippen LogP contribution in [0.2, 0.25) is 0 Å². The van der Waals surface area contributed by atoms with E-state index in [2.05, 4.69) is 21.2 Å². The maximum atomic E-state index is 12.8. The highest BCUT2D eigenvalue weighted by Crippen LogP contribution is 2.46. The number of aromatic nitrogens is 2. The molecule has 154 valence electrons. The average molecular weight is 413 g/mol. The van der Waals surface area contributed by atoms with Crippen LogP contribution in [0.3, 0.4) is 0 Å². The number of benzene rings is 1. The minimum Gasteiger partial charge on any atom is -0.307 e. The normalized spacial score (nSPS) is 24.5. The van der Waals surface area contributed by atoms with Gasteiger partial charge in [-0.15, -0.1) is 0 Å². The fourth-order valence-corrected chi connectivity index (χ4v) is 5.95. The molecule has 0 fully saturated rings. The molecular weight excluding hydrogens is 384 g/mol. The molecule has 2 N–H and O–H groups in total. The first kappa shape index (κ1) is 18.9. The van der Waals surface area contributed by atoms with Gasteiger partial charge in [0.05, 0.1) is 0 Å². The Bertz CT molecular complexity index is 968. The molecule has 0 saturated carbocycles. The van der Waals surface area contributed by atoms with Crippen molar-refractivity contribution in [2.75, 3.05) is 5.32 Å². The van der Waals surface area contributed by atoms with Crippen molar-refractivity contribution in [3.63, 3.8) is 0 Å². The van der Waals surface area contributed by atoms with E-state index < -0.39 is 17.0 Å². The summed E-state index contributed by atoms with van der Waals surface area (Å²) in [7, 11) is -1.66. The van der Waals surface area contributed by atoms with E-state index in [1.165, 1.54) is 54.4 Å². The van der Waals surface area contributed by atoms with Crippen molar-refractivity contribution >= 4 is 22.7 Å². The van der Waals surface area contributed by atoms with Gasteiger partial charge >= 0.3 is 6.03 Å². The largest absolute Gasteiger partial charge is 0.331 e. The maximum Gasteiger partial charge on any atom is 0.331 e. The molecule has 0 radical (unpaired) electrons. The van der Waals surface area contributed by atoms with Gasteiger partial charge in [0.25, 0.3) is 0 Å². The minimum absolute atomic E-state index is 0.397. The van der Waals surface area contributed by atoms with Gasteiger partial charge < -0.3 is 5.32 Å². The number of nitrogens with one attached hydrogen (secondary N) is 2. The predicted molar refractivity (Wildman–Crippen MR) is 113 cm³/mol. The molecule has 0 saturated heterocycles. The molecular formula is C22H28N4O2S. The van der Waals surface area contributed by atoms with Gasteiger partial charge in [0, 0.05) is 18.4 Å². The van der Waals surface area contributed by atoms with E-state index in [1.54, 1.807) is 6.07 Å². The van der Waals surface area contributed by atoms with Gasteiger partial charge in [-0.25, -0.2) is 9.00 Å². The van der Waals surface area contributed by atoms with E-state index in [0.717, 1.165) is 44.3 Å². The summed E-state index contributed by atoms with van der Waals surface area (Å²) in [5.41, 5.74) is 6.44. The summed E-state index contributed by atoms with van der Waals surface area (Å²) in [4.78, 5) is 12.8. The van der Waals surface area contributed by atoms with Crippen LogP contribution in [-0.2, 0) is 36.8 Å². The molecule has 1 aliphatic heterocycles. The third-order valence-corrected chi connectivity index (χ3v) is 7.58. The van der Waals surface area contributed by atoms with Crippen molar-refractivity contribution in [3.05, 3.63) is 40.6 Å². The number of aryl methyl sites for hydroxylation is 3. The van der Waals surface area contributed by atoms with Crippen LogP contribution in [0.15, 0.2) is 23.4 Å². The smallest absolute Gasteiger partial charge is 0.307 e. The van der Waals surface area contributed by atoms with E-state index in [4.69, 9.17) is 0 Å². The Morgan fingerprint density at radius 2 is 1.93 bits per heavy atom. The molecule has 6 nitrogen and oxygen atoms in total. The SMILES string of the molecule is O=C1Nc2c3c(cc4c2C(CCCCCCn2ccc(n2)S(=O)N1)CC4)CCC3. The Balaban J connectivity index is 1.48. The Morgan fingerprint density at radius 1 is 1.03 bits per heavy atom.